The number of rotatable bonds is 11. The van der Waals surface area contributed by atoms with Crippen molar-refractivity contribution in [2.24, 2.45) is 0 Å². The first-order valence-corrected chi connectivity index (χ1v) is 11.2. The molecule has 0 spiro atoms. The van der Waals surface area contributed by atoms with Crippen LogP contribution in [0.2, 0.25) is 0 Å². The summed E-state index contributed by atoms with van der Waals surface area (Å²) in [6, 6.07) is 10.5. The molecule has 1 aromatic rings. The van der Waals surface area contributed by atoms with Crippen molar-refractivity contribution in [2.75, 3.05) is 12.4 Å². The van der Waals surface area contributed by atoms with Crippen LogP contribution in [0.1, 0.15) is 31.7 Å². The third kappa shape index (κ3) is 7.44. The maximum atomic E-state index is 10.5. The molecule has 0 saturated heterocycles. The van der Waals surface area contributed by atoms with Gasteiger partial charge < -0.3 is 9.61 Å². The zero-order valence-electron chi connectivity index (χ0n) is 11.8. The molecule has 0 saturated carbocycles. The zero-order chi connectivity index (χ0) is 14.7. The number of unbranched alkanes of at least 4 members (excludes halogenated alkanes) is 2. The third-order valence-corrected chi connectivity index (χ3v) is 8.34. The lowest BCUT2D eigenvalue weighted by Gasteiger charge is -2.19. The van der Waals surface area contributed by atoms with Gasteiger partial charge in [-0.25, -0.2) is 0 Å². The number of amides is 1. The number of hydrogen-bond acceptors (Lipinski definition) is 4. The molecule has 0 aliphatic heterocycles. The van der Waals surface area contributed by atoms with Crippen LogP contribution in [0.4, 0.5) is 0 Å². The molecular formula is C14H22NO2PS2. The highest BCUT2D eigenvalue weighted by Gasteiger charge is 2.16. The molecule has 0 heterocycles. The van der Waals surface area contributed by atoms with E-state index in [4.69, 9.17) is 16.3 Å². The number of hydrogen-bond donors (Lipinski definition) is 1. The Kier molecular flexibility index (Phi) is 9.19. The lowest BCUT2D eigenvalue weighted by atomic mass is 10.1. The fourth-order valence-electron chi connectivity index (χ4n) is 1.78. The maximum absolute atomic E-state index is 10.5. The van der Waals surface area contributed by atoms with Crippen molar-refractivity contribution in [3.05, 3.63) is 35.9 Å². The van der Waals surface area contributed by atoms with Gasteiger partial charge in [0.25, 0.3) is 0 Å². The van der Waals surface area contributed by atoms with Crippen molar-refractivity contribution in [3.63, 3.8) is 0 Å². The van der Waals surface area contributed by atoms with E-state index in [9.17, 15) is 4.79 Å². The van der Waals surface area contributed by atoms with Crippen molar-refractivity contribution in [1.82, 2.24) is 5.09 Å². The van der Waals surface area contributed by atoms with Crippen molar-refractivity contribution in [1.29, 1.82) is 0 Å². The minimum atomic E-state index is -2.19. The van der Waals surface area contributed by atoms with Crippen molar-refractivity contribution in [2.45, 2.75) is 32.6 Å². The summed E-state index contributed by atoms with van der Waals surface area (Å²) >= 11 is 6.94. The molecule has 1 N–H and O–H groups in total. The van der Waals surface area contributed by atoms with Gasteiger partial charge in [-0.3, -0.25) is 4.79 Å². The average molecular weight is 331 g/mol. The van der Waals surface area contributed by atoms with E-state index in [0.717, 1.165) is 18.6 Å². The Balaban J connectivity index is 2.14. The molecule has 1 rings (SSSR count). The van der Waals surface area contributed by atoms with Gasteiger partial charge in [0.15, 0.2) is 0 Å². The summed E-state index contributed by atoms with van der Waals surface area (Å²) in [6.45, 7) is 2.44. The number of aryl methyl sites for hydroxylation is 1. The predicted octanol–water partition coefficient (Wildman–Crippen LogP) is 4.14. The maximum Gasteiger partial charge on any atom is 0.213 e. The minimum absolute atomic E-state index is 0.541. The number of nitrogens with one attached hydrogen (secondary N) is 1. The highest BCUT2D eigenvalue weighted by atomic mass is 32.9. The van der Waals surface area contributed by atoms with Crippen LogP contribution in [-0.4, -0.2) is 18.8 Å². The summed E-state index contributed by atoms with van der Waals surface area (Å²) in [7, 11) is 0. The lowest BCUT2D eigenvalue weighted by Crippen LogP contribution is -2.07. The van der Waals surface area contributed by atoms with Gasteiger partial charge >= 0.3 is 0 Å². The van der Waals surface area contributed by atoms with E-state index in [-0.39, 0.29) is 0 Å². The van der Waals surface area contributed by atoms with Gasteiger partial charge in [0, 0.05) is 5.75 Å². The summed E-state index contributed by atoms with van der Waals surface area (Å²) in [5.41, 5.74) is -0.803. The second-order valence-corrected chi connectivity index (χ2v) is 11.0. The average Bonchev–Trinajstić information content (AvgIpc) is 2.44. The molecule has 1 aromatic carbocycles. The van der Waals surface area contributed by atoms with E-state index in [1.165, 1.54) is 18.4 Å². The topological polar surface area (TPSA) is 38.3 Å². The van der Waals surface area contributed by atoms with Crippen LogP contribution < -0.4 is 5.09 Å². The zero-order valence-corrected chi connectivity index (χ0v) is 14.3. The molecule has 0 aliphatic rings. The lowest BCUT2D eigenvalue weighted by molar-refractivity contribution is -0.108. The van der Waals surface area contributed by atoms with Crippen LogP contribution in [0, 0.1) is 0 Å². The van der Waals surface area contributed by atoms with Crippen LogP contribution in [0.25, 0.3) is 0 Å². The molecule has 6 heteroatoms. The second kappa shape index (κ2) is 10.4. The quantitative estimate of drug-likeness (QED) is 0.376. The fraction of sp³-hybridized carbons (Fsp3) is 0.500. The van der Waals surface area contributed by atoms with Gasteiger partial charge in [0.2, 0.25) is 12.0 Å². The van der Waals surface area contributed by atoms with E-state index >= 15 is 0 Å². The normalized spacial score (nSPS) is 13.7. The molecule has 1 atom stereocenters. The van der Waals surface area contributed by atoms with Gasteiger partial charge in [-0.2, -0.15) is 0 Å². The first kappa shape index (κ1) is 17.7. The summed E-state index contributed by atoms with van der Waals surface area (Å²) in [6.07, 6.45) is 5.23. The highest BCUT2D eigenvalue weighted by molar-refractivity contribution is 8.68. The number of benzene rings is 1. The van der Waals surface area contributed by atoms with Gasteiger partial charge in [0.1, 0.15) is 0 Å². The molecule has 112 valence electrons. The first-order valence-electron chi connectivity index (χ1n) is 6.84. The van der Waals surface area contributed by atoms with Gasteiger partial charge in [-0.1, -0.05) is 48.1 Å². The Hall–Kier alpha value is -0.350. The Morgan fingerprint density at radius 2 is 2.05 bits per heavy atom. The third-order valence-electron chi connectivity index (χ3n) is 2.72. The van der Waals surface area contributed by atoms with Gasteiger partial charge in [0.05, 0.1) is 6.61 Å². The largest absolute Gasteiger partial charge is 0.327 e. The molecule has 1 amide bonds. The van der Waals surface area contributed by atoms with Crippen LogP contribution in [0.3, 0.4) is 0 Å². The molecule has 1 unspecified atom stereocenters. The van der Waals surface area contributed by atoms with Gasteiger partial charge in [-0.05, 0) is 43.6 Å². The van der Waals surface area contributed by atoms with E-state index in [1.54, 1.807) is 11.4 Å². The standard InChI is InChI=1S/C14H22NO2PS2/c1-2-17-18(19,15-13-16)20-12-8-4-7-11-14-9-5-3-6-10-14/h3,5-6,9-10,13H,2,4,7-8,11-12H2,1H3,(H,15,16,19). The summed E-state index contributed by atoms with van der Waals surface area (Å²) < 4.78 is 5.49. The molecular weight excluding hydrogens is 309 g/mol. The van der Waals surface area contributed by atoms with Crippen molar-refractivity contribution >= 4 is 35.2 Å². The Morgan fingerprint density at radius 3 is 2.70 bits per heavy atom. The monoisotopic (exact) mass is 331 g/mol. The van der Waals surface area contributed by atoms with E-state index in [2.05, 4.69) is 29.4 Å². The first-order chi connectivity index (χ1) is 9.70. The summed E-state index contributed by atoms with van der Waals surface area (Å²) in [5.74, 6) is 0.937. The molecule has 0 fully saturated rings. The van der Waals surface area contributed by atoms with Crippen molar-refractivity contribution in [3.8, 4) is 0 Å². The number of carbonyl (C=O) groups is 1. The van der Waals surface area contributed by atoms with E-state index < -0.39 is 5.62 Å². The number of carbonyl (C=O) groups excluding carboxylic acids is 1. The van der Waals surface area contributed by atoms with Gasteiger partial charge in [-0.15, -0.1) is 0 Å². The molecule has 0 aliphatic carbocycles. The molecule has 0 radical (unpaired) electrons. The van der Waals surface area contributed by atoms with Crippen LogP contribution in [0.15, 0.2) is 30.3 Å². The predicted molar refractivity (Wildman–Crippen MR) is 91.6 cm³/mol. The molecule has 0 aromatic heterocycles. The SMILES string of the molecule is CCOP(=S)(NC=O)SCCCCCc1ccccc1. The molecule has 0 bridgehead atoms. The summed E-state index contributed by atoms with van der Waals surface area (Å²) in [4.78, 5) is 10.5. The second-order valence-electron chi connectivity index (χ2n) is 4.29. The van der Waals surface area contributed by atoms with Crippen molar-refractivity contribution < 1.29 is 9.32 Å². The van der Waals surface area contributed by atoms with Crippen LogP contribution in [0.5, 0.6) is 0 Å². The summed E-state index contributed by atoms with van der Waals surface area (Å²) in [5, 5.41) is 2.66. The Bertz CT molecular complexity index is 428. The Labute approximate surface area is 130 Å². The fourth-order valence-corrected chi connectivity index (χ4v) is 6.17. The van der Waals surface area contributed by atoms with Crippen LogP contribution >= 0.6 is 17.0 Å². The van der Waals surface area contributed by atoms with Crippen LogP contribution in [-0.2, 0) is 27.5 Å². The highest BCUT2D eigenvalue weighted by Crippen LogP contribution is 2.55. The Morgan fingerprint density at radius 1 is 1.30 bits per heavy atom. The minimum Gasteiger partial charge on any atom is -0.327 e. The molecule has 3 nitrogen and oxygen atoms in total. The van der Waals surface area contributed by atoms with E-state index in [0.29, 0.717) is 13.0 Å². The van der Waals surface area contributed by atoms with E-state index in [1.807, 2.05) is 13.0 Å². The molecule has 20 heavy (non-hydrogen) atoms. The smallest absolute Gasteiger partial charge is 0.213 e.